The van der Waals surface area contributed by atoms with Gasteiger partial charge >= 0.3 is 0 Å². The maximum Gasteiger partial charge on any atom is 0.261 e. The Morgan fingerprint density at radius 1 is 1.33 bits per heavy atom. The summed E-state index contributed by atoms with van der Waals surface area (Å²) in [6, 6.07) is 10.3. The van der Waals surface area contributed by atoms with Crippen LogP contribution in [0, 0.1) is 12.7 Å². The number of benzene rings is 1. The largest absolute Gasteiger partial charge is 0.377 e. The molecule has 0 aliphatic carbocycles. The molecule has 3 heterocycles. The molecule has 1 amide bonds. The number of amides is 1. The smallest absolute Gasteiger partial charge is 0.261 e. The number of nitrogens with one attached hydrogen (secondary N) is 1. The van der Waals surface area contributed by atoms with Crippen LogP contribution in [0.3, 0.4) is 0 Å². The van der Waals surface area contributed by atoms with Gasteiger partial charge in [-0.2, -0.15) is 0 Å². The number of para-hydroxylation sites is 1. The number of ether oxygens (including phenoxy) is 1. The van der Waals surface area contributed by atoms with Crippen LogP contribution in [-0.2, 0) is 11.2 Å². The van der Waals surface area contributed by atoms with Gasteiger partial charge in [-0.05, 0) is 44.0 Å². The molecule has 9 heteroatoms. The maximum absolute atomic E-state index is 14.5. The first-order valence-corrected chi connectivity index (χ1v) is 11.7. The fourth-order valence-electron chi connectivity index (χ4n) is 3.31. The zero-order valence-electron chi connectivity index (χ0n) is 16.6. The lowest BCUT2D eigenvalue weighted by Gasteiger charge is -2.13. The first kappa shape index (κ1) is 21.0. The lowest BCUT2D eigenvalue weighted by Crippen LogP contribution is -2.25. The fourth-order valence-corrected chi connectivity index (χ4v) is 5.12. The van der Waals surface area contributed by atoms with Crippen LogP contribution in [0.15, 0.2) is 41.6 Å². The van der Waals surface area contributed by atoms with Crippen molar-refractivity contribution in [3.05, 3.63) is 57.8 Å². The van der Waals surface area contributed by atoms with Gasteiger partial charge in [0.15, 0.2) is 5.16 Å². The number of rotatable bonds is 8. The minimum Gasteiger partial charge on any atom is -0.377 e. The Morgan fingerprint density at radius 2 is 2.20 bits per heavy atom. The molecule has 1 aromatic carbocycles. The molecule has 0 radical (unpaired) electrons. The van der Waals surface area contributed by atoms with Crippen molar-refractivity contribution in [1.82, 2.24) is 20.1 Å². The number of hydrogen-bond acceptors (Lipinski definition) is 6. The van der Waals surface area contributed by atoms with E-state index in [2.05, 4.69) is 15.5 Å². The van der Waals surface area contributed by atoms with E-state index in [1.54, 1.807) is 22.8 Å². The summed E-state index contributed by atoms with van der Waals surface area (Å²) in [5.41, 5.74) is 0.410. The SMILES string of the molecule is Cc1ccc(C(=O)NCCc2nnc(SCC3CCCO3)n2-c2ccccc2F)s1. The van der Waals surface area contributed by atoms with Gasteiger partial charge in [-0.1, -0.05) is 23.9 Å². The summed E-state index contributed by atoms with van der Waals surface area (Å²) >= 11 is 2.98. The molecule has 0 spiro atoms. The van der Waals surface area contributed by atoms with Crippen LogP contribution in [0.2, 0.25) is 0 Å². The van der Waals surface area contributed by atoms with Gasteiger partial charge in [-0.3, -0.25) is 9.36 Å². The van der Waals surface area contributed by atoms with Gasteiger partial charge in [0.1, 0.15) is 11.6 Å². The number of thioether (sulfide) groups is 1. The van der Waals surface area contributed by atoms with E-state index in [-0.39, 0.29) is 17.8 Å². The molecule has 2 aromatic heterocycles. The molecule has 3 aromatic rings. The molecule has 1 N–H and O–H groups in total. The number of thiophene rings is 1. The predicted octanol–water partition coefficient (Wildman–Crippen LogP) is 4.02. The quantitative estimate of drug-likeness (QED) is 0.530. The Labute approximate surface area is 182 Å². The van der Waals surface area contributed by atoms with E-state index in [1.807, 2.05) is 19.1 Å². The second-order valence-corrected chi connectivity index (χ2v) is 9.32. The van der Waals surface area contributed by atoms with Crippen LogP contribution >= 0.6 is 23.1 Å². The van der Waals surface area contributed by atoms with Gasteiger partial charge in [0.2, 0.25) is 0 Å². The average Bonchev–Trinajstić information content (AvgIpc) is 3.48. The van der Waals surface area contributed by atoms with E-state index in [9.17, 15) is 9.18 Å². The molecule has 0 saturated carbocycles. The molecule has 1 unspecified atom stereocenters. The number of hydrogen-bond donors (Lipinski definition) is 1. The Morgan fingerprint density at radius 3 is 2.93 bits per heavy atom. The van der Waals surface area contributed by atoms with Crippen molar-refractivity contribution < 1.29 is 13.9 Å². The molecule has 30 heavy (non-hydrogen) atoms. The van der Waals surface area contributed by atoms with Crippen molar-refractivity contribution in [2.45, 2.75) is 37.4 Å². The molecular formula is C21H23FN4O2S2. The van der Waals surface area contributed by atoms with Crippen LogP contribution in [0.25, 0.3) is 5.69 Å². The van der Waals surface area contributed by atoms with Crippen LogP contribution in [0.4, 0.5) is 4.39 Å². The van der Waals surface area contributed by atoms with Crippen molar-refractivity contribution in [3.63, 3.8) is 0 Å². The first-order valence-electron chi connectivity index (χ1n) is 9.90. The molecule has 158 valence electrons. The summed E-state index contributed by atoms with van der Waals surface area (Å²) in [7, 11) is 0. The first-order chi connectivity index (χ1) is 14.6. The van der Waals surface area contributed by atoms with Crippen LogP contribution in [0.5, 0.6) is 0 Å². The maximum atomic E-state index is 14.5. The Hall–Kier alpha value is -2.23. The summed E-state index contributed by atoms with van der Waals surface area (Å²) in [5.74, 6) is 0.910. The lowest BCUT2D eigenvalue weighted by atomic mass is 10.3. The zero-order valence-corrected chi connectivity index (χ0v) is 18.3. The lowest BCUT2D eigenvalue weighted by molar-refractivity contribution is 0.0958. The number of aromatic nitrogens is 3. The Bertz CT molecular complexity index is 1010. The molecule has 1 fully saturated rings. The van der Waals surface area contributed by atoms with Crippen molar-refractivity contribution in [2.75, 3.05) is 18.9 Å². The Kier molecular flexibility index (Phi) is 6.81. The predicted molar refractivity (Wildman–Crippen MR) is 116 cm³/mol. The van der Waals surface area contributed by atoms with Crippen molar-refractivity contribution in [2.24, 2.45) is 0 Å². The molecule has 4 rings (SSSR count). The van der Waals surface area contributed by atoms with Gasteiger partial charge in [-0.25, -0.2) is 4.39 Å². The third-order valence-electron chi connectivity index (χ3n) is 4.81. The average molecular weight is 447 g/mol. The number of aryl methyl sites for hydroxylation is 1. The molecule has 6 nitrogen and oxygen atoms in total. The molecule has 1 atom stereocenters. The standard InChI is InChI=1S/C21H23FN4O2S2/c1-14-8-9-18(30-14)20(27)23-11-10-19-24-25-21(29-13-15-5-4-12-28-15)26(19)17-7-3-2-6-16(17)22/h2-3,6-9,15H,4-5,10-13H2,1H3,(H,23,27). The van der Waals surface area contributed by atoms with Crippen LogP contribution < -0.4 is 5.32 Å². The highest BCUT2D eigenvalue weighted by Crippen LogP contribution is 2.27. The topological polar surface area (TPSA) is 69.0 Å². The van der Waals surface area contributed by atoms with Crippen molar-refractivity contribution in [1.29, 1.82) is 0 Å². The number of carbonyl (C=O) groups is 1. The highest BCUT2D eigenvalue weighted by molar-refractivity contribution is 7.99. The minimum absolute atomic E-state index is 0.113. The van der Waals surface area contributed by atoms with E-state index in [4.69, 9.17) is 4.74 Å². The highest BCUT2D eigenvalue weighted by Gasteiger charge is 2.21. The minimum atomic E-state index is -0.337. The third-order valence-corrected chi connectivity index (χ3v) is 6.87. The van der Waals surface area contributed by atoms with E-state index in [0.29, 0.717) is 34.5 Å². The second-order valence-electron chi connectivity index (χ2n) is 7.05. The molecule has 1 saturated heterocycles. The molecule has 1 aliphatic heterocycles. The Balaban J connectivity index is 1.48. The number of carbonyl (C=O) groups excluding carboxylic acids is 1. The fraction of sp³-hybridized carbons (Fsp3) is 0.381. The van der Waals surface area contributed by atoms with Gasteiger partial charge in [-0.15, -0.1) is 21.5 Å². The summed E-state index contributed by atoms with van der Waals surface area (Å²) in [4.78, 5) is 14.1. The normalized spacial score (nSPS) is 16.1. The number of nitrogens with zero attached hydrogens (tertiary/aromatic N) is 3. The molecule has 1 aliphatic rings. The van der Waals surface area contributed by atoms with E-state index in [0.717, 1.165) is 30.1 Å². The van der Waals surface area contributed by atoms with E-state index >= 15 is 0 Å². The van der Waals surface area contributed by atoms with Gasteiger partial charge in [0, 0.05) is 30.2 Å². The van der Waals surface area contributed by atoms with Gasteiger partial charge in [0.25, 0.3) is 5.91 Å². The second kappa shape index (κ2) is 9.72. The molecule has 0 bridgehead atoms. The van der Waals surface area contributed by atoms with Crippen molar-refractivity contribution >= 4 is 29.0 Å². The van der Waals surface area contributed by atoms with Crippen LogP contribution in [0.1, 0.15) is 33.2 Å². The van der Waals surface area contributed by atoms with Crippen LogP contribution in [-0.4, -0.2) is 45.7 Å². The number of halogens is 1. The summed E-state index contributed by atoms with van der Waals surface area (Å²) in [5, 5.41) is 12.1. The van der Waals surface area contributed by atoms with Crippen molar-refractivity contribution in [3.8, 4) is 5.69 Å². The summed E-state index contributed by atoms with van der Waals surface area (Å²) in [6.45, 7) is 3.15. The van der Waals surface area contributed by atoms with Gasteiger partial charge < -0.3 is 10.1 Å². The zero-order chi connectivity index (χ0) is 20.9. The third kappa shape index (κ3) is 4.91. The highest BCUT2D eigenvalue weighted by atomic mass is 32.2. The van der Waals surface area contributed by atoms with E-state index < -0.39 is 0 Å². The van der Waals surface area contributed by atoms with Gasteiger partial charge in [0.05, 0.1) is 16.7 Å². The van der Waals surface area contributed by atoms with E-state index in [1.165, 1.54) is 29.2 Å². The molecular weight excluding hydrogens is 423 g/mol. The monoisotopic (exact) mass is 446 g/mol. The summed E-state index contributed by atoms with van der Waals surface area (Å²) < 4.78 is 22.0. The summed E-state index contributed by atoms with van der Waals surface area (Å²) in [6.07, 6.45) is 2.73.